The van der Waals surface area contributed by atoms with E-state index < -0.39 is 17.3 Å². The third-order valence-corrected chi connectivity index (χ3v) is 6.14. The van der Waals surface area contributed by atoms with Crippen molar-refractivity contribution in [2.45, 2.75) is 32.4 Å². The number of nitrogens with zero attached hydrogens (tertiary/aromatic N) is 4. The lowest BCUT2D eigenvalue weighted by Crippen LogP contribution is -2.46. The number of H-pyrrole nitrogens is 1. The Bertz CT molecular complexity index is 1280. The third-order valence-electron chi connectivity index (χ3n) is 6.14. The number of halogens is 2. The number of piperazine rings is 1. The molecule has 2 aliphatic rings. The zero-order valence-electron chi connectivity index (χ0n) is 18.2. The summed E-state index contributed by atoms with van der Waals surface area (Å²) in [5.74, 6) is -1.49. The molecule has 2 N–H and O–H groups in total. The zero-order chi connectivity index (χ0) is 23.1. The number of nitrogens with one attached hydrogen (secondary N) is 2. The largest absolute Gasteiger partial charge is 0.365 e. The van der Waals surface area contributed by atoms with Gasteiger partial charge in [-0.25, -0.2) is 14.4 Å². The molecule has 0 unspecified atom stereocenters. The molecule has 0 atom stereocenters. The number of hydrogen-bond donors (Lipinski definition) is 2. The minimum absolute atomic E-state index is 0.0799. The van der Waals surface area contributed by atoms with Crippen molar-refractivity contribution in [2.75, 3.05) is 31.1 Å². The SMILES string of the molecule is Cc1nc2ccc(CN3CCN(c4ccc(C(=O)NC5CC5)nc4F)CC3)c(F)c2[nH]c1=O. The number of anilines is 1. The Morgan fingerprint density at radius 2 is 1.88 bits per heavy atom. The second kappa shape index (κ2) is 8.51. The molecule has 1 aromatic carbocycles. The van der Waals surface area contributed by atoms with E-state index in [0.717, 1.165) is 12.8 Å². The van der Waals surface area contributed by atoms with Crippen LogP contribution in [-0.2, 0) is 6.54 Å². The van der Waals surface area contributed by atoms with Crippen LogP contribution in [0.1, 0.15) is 34.6 Å². The fraction of sp³-hybridized carbons (Fsp3) is 0.391. The van der Waals surface area contributed by atoms with Crippen LogP contribution in [0.3, 0.4) is 0 Å². The van der Waals surface area contributed by atoms with Gasteiger partial charge < -0.3 is 15.2 Å². The van der Waals surface area contributed by atoms with E-state index in [0.29, 0.717) is 55.2 Å². The average molecular weight is 454 g/mol. The summed E-state index contributed by atoms with van der Waals surface area (Å²) in [5, 5.41) is 2.80. The molecule has 10 heteroatoms. The molecule has 2 fully saturated rings. The van der Waals surface area contributed by atoms with Crippen LogP contribution in [0.4, 0.5) is 14.5 Å². The van der Waals surface area contributed by atoms with Gasteiger partial charge in [0.15, 0.2) is 5.82 Å². The Hall–Kier alpha value is -3.40. The van der Waals surface area contributed by atoms with E-state index in [1.165, 1.54) is 0 Å². The summed E-state index contributed by atoms with van der Waals surface area (Å²) in [4.78, 5) is 38.4. The molecular formula is C23H24F2N6O2. The Labute approximate surface area is 188 Å². The monoisotopic (exact) mass is 454 g/mol. The first-order valence-corrected chi connectivity index (χ1v) is 11.0. The first-order chi connectivity index (χ1) is 15.9. The lowest BCUT2D eigenvalue weighted by Gasteiger charge is -2.36. The molecule has 1 aliphatic carbocycles. The van der Waals surface area contributed by atoms with Gasteiger partial charge in [0.05, 0.1) is 11.2 Å². The Morgan fingerprint density at radius 3 is 2.58 bits per heavy atom. The number of aromatic nitrogens is 3. The summed E-state index contributed by atoms with van der Waals surface area (Å²) in [7, 11) is 0. The predicted octanol–water partition coefficient (Wildman–Crippen LogP) is 2.12. The van der Waals surface area contributed by atoms with Gasteiger partial charge in [0.1, 0.15) is 16.9 Å². The molecule has 0 spiro atoms. The lowest BCUT2D eigenvalue weighted by atomic mass is 10.1. The van der Waals surface area contributed by atoms with E-state index in [-0.39, 0.29) is 23.2 Å². The normalized spacial score (nSPS) is 16.9. The maximum absolute atomic E-state index is 15.0. The molecule has 5 rings (SSSR count). The summed E-state index contributed by atoms with van der Waals surface area (Å²) >= 11 is 0. The van der Waals surface area contributed by atoms with Gasteiger partial charge in [-0.15, -0.1) is 0 Å². The Morgan fingerprint density at radius 1 is 1.12 bits per heavy atom. The van der Waals surface area contributed by atoms with Crippen molar-refractivity contribution in [3.63, 3.8) is 0 Å². The van der Waals surface area contributed by atoms with Crippen LogP contribution in [0.5, 0.6) is 0 Å². The first-order valence-electron chi connectivity index (χ1n) is 11.0. The molecule has 0 bridgehead atoms. The number of hydrogen-bond acceptors (Lipinski definition) is 6. The standard InChI is InChI=1S/C23H24F2N6O2/c1-13-22(32)29-20-16(26-13)5-2-14(19(20)24)12-30-8-10-31(11-9-30)18-7-6-17(28-21(18)25)23(33)27-15-3-4-15/h2,5-7,15H,3-4,8-12H2,1H3,(H,27,33)(H,29,32). The van der Waals surface area contributed by atoms with Gasteiger partial charge in [-0.3, -0.25) is 14.5 Å². The van der Waals surface area contributed by atoms with Crippen LogP contribution in [0, 0.1) is 18.7 Å². The van der Waals surface area contributed by atoms with Crippen LogP contribution in [0.15, 0.2) is 29.1 Å². The van der Waals surface area contributed by atoms with Crippen molar-refractivity contribution in [1.29, 1.82) is 0 Å². The molecule has 1 amide bonds. The van der Waals surface area contributed by atoms with Crippen LogP contribution in [0.2, 0.25) is 0 Å². The zero-order valence-corrected chi connectivity index (χ0v) is 18.2. The Balaban J connectivity index is 1.24. The van der Waals surface area contributed by atoms with Gasteiger partial charge in [-0.1, -0.05) is 6.07 Å². The van der Waals surface area contributed by atoms with Crippen molar-refractivity contribution in [3.8, 4) is 0 Å². The second-order valence-corrected chi connectivity index (χ2v) is 8.60. The minimum Gasteiger partial charge on any atom is -0.365 e. The number of fused-ring (bicyclic) bond motifs is 1. The van der Waals surface area contributed by atoms with Gasteiger partial charge >= 0.3 is 0 Å². The number of carbonyl (C=O) groups excluding carboxylic acids is 1. The van der Waals surface area contributed by atoms with Crippen molar-refractivity contribution in [3.05, 3.63) is 63.3 Å². The van der Waals surface area contributed by atoms with E-state index >= 15 is 0 Å². The number of amides is 1. The van der Waals surface area contributed by atoms with Crippen LogP contribution in [-0.4, -0.2) is 58.0 Å². The summed E-state index contributed by atoms with van der Waals surface area (Å²) in [6, 6.07) is 6.71. The summed E-state index contributed by atoms with van der Waals surface area (Å²) in [5.41, 5.74) is 1.32. The predicted molar refractivity (Wildman–Crippen MR) is 119 cm³/mol. The summed E-state index contributed by atoms with van der Waals surface area (Å²) in [6.07, 6.45) is 1.91. The second-order valence-electron chi connectivity index (χ2n) is 8.60. The molecule has 0 radical (unpaired) electrons. The van der Waals surface area contributed by atoms with E-state index in [4.69, 9.17) is 0 Å². The fourth-order valence-electron chi connectivity index (χ4n) is 4.04. The molecule has 172 valence electrons. The van der Waals surface area contributed by atoms with Gasteiger partial charge in [-0.05, 0) is 38.0 Å². The molecule has 1 saturated carbocycles. The molecular weight excluding hydrogens is 430 g/mol. The smallest absolute Gasteiger partial charge is 0.270 e. The summed E-state index contributed by atoms with van der Waals surface area (Å²) < 4.78 is 29.6. The highest BCUT2D eigenvalue weighted by Crippen LogP contribution is 2.23. The molecule has 1 saturated heterocycles. The van der Waals surface area contributed by atoms with Crippen molar-refractivity contribution < 1.29 is 13.6 Å². The summed E-state index contributed by atoms with van der Waals surface area (Å²) in [6.45, 7) is 4.23. The van der Waals surface area contributed by atoms with Crippen molar-refractivity contribution in [2.24, 2.45) is 0 Å². The topological polar surface area (TPSA) is 94.2 Å². The number of rotatable bonds is 5. The van der Waals surface area contributed by atoms with Gasteiger partial charge in [-0.2, -0.15) is 4.39 Å². The fourth-order valence-corrected chi connectivity index (χ4v) is 4.04. The van der Waals surface area contributed by atoms with Crippen LogP contribution in [0.25, 0.3) is 11.0 Å². The van der Waals surface area contributed by atoms with E-state index in [1.807, 2.05) is 4.90 Å². The first kappa shape index (κ1) is 21.4. The molecule has 1 aliphatic heterocycles. The minimum atomic E-state index is -0.667. The van der Waals surface area contributed by atoms with Crippen molar-refractivity contribution in [1.82, 2.24) is 25.2 Å². The Kier molecular flexibility index (Phi) is 5.53. The maximum Gasteiger partial charge on any atom is 0.270 e. The highest BCUT2D eigenvalue weighted by Gasteiger charge is 2.26. The number of pyridine rings is 1. The van der Waals surface area contributed by atoms with E-state index in [2.05, 4.69) is 25.2 Å². The molecule has 3 heterocycles. The molecule has 8 nitrogen and oxygen atoms in total. The highest BCUT2D eigenvalue weighted by molar-refractivity contribution is 5.92. The quantitative estimate of drug-likeness (QED) is 0.574. The van der Waals surface area contributed by atoms with E-state index in [1.54, 1.807) is 31.2 Å². The lowest BCUT2D eigenvalue weighted by molar-refractivity contribution is 0.0945. The van der Waals surface area contributed by atoms with Crippen LogP contribution >= 0.6 is 0 Å². The van der Waals surface area contributed by atoms with Crippen molar-refractivity contribution >= 4 is 22.6 Å². The van der Waals surface area contributed by atoms with Crippen LogP contribution < -0.4 is 15.8 Å². The number of carbonyl (C=O) groups is 1. The highest BCUT2D eigenvalue weighted by atomic mass is 19.1. The van der Waals surface area contributed by atoms with E-state index in [9.17, 15) is 18.4 Å². The average Bonchev–Trinajstić information content (AvgIpc) is 3.62. The maximum atomic E-state index is 15.0. The van der Waals surface area contributed by atoms with Gasteiger partial charge in [0.25, 0.3) is 11.5 Å². The molecule has 33 heavy (non-hydrogen) atoms. The molecule has 2 aromatic heterocycles. The third kappa shape index (κ3) is 4.43. The molecule has 3 aromatic rings. The van der Waals surface area contributed by atoms with Gasteiger partial charge in [0, 0.05) is 44.3 Å². The van der Waals surface area contributed by atoms with Gasteiger partial charge in [0.2, 0.25) is 5.95 Å². The number of aryl methyl sites for hydroxylation is 1. The number of aromatic amines is 1. The number of benzene rings is 1.